The normalized spacial score (nSPS) is 20.3. The molecule has 2 fully saturated rings. The van der Waals surface area contributed by atoms with Crippen LogP contribution < -0.4 is 4.90 Å². The van der Waals surface area contributed by atoms with Crippen molar-refractivity contribution in [3.63, 3.8) is 0 Å². The molecule has 27 heavy (non-hydrogen) atoms. The summed E-state index contributed by atoms with van der Waals surface area (Å²) in [4.78, 5) is 4.09. The third-order valence-electron chi connectivity index (χ3n) is 5.28. The van der Waals surface area contributed by atoms with E-state index in [0.717, 1.165) is 24.5 Å². The first-order valence-electron chi connectivity index (χ1n) is 9.32. The fourth-order valence-corrected chi connectivity index (χ4v) is 4.53. The van der Waals surface area contributed by atoms with Crippen molar-refractivity contribution in [3.05, 3.63) is 22.5 Å². The summed E-state index contributed by atoms with van der Waals surface area (Å²) in [6, 6.07) is 2.07. The lowest BCUT2D eigenvalue weighted by atomic mass is 9.87. The van der Waals surface area contributed by atoms with Gasteiger partial charge in [-0.2, -0.15) is 13.2 Å². The summed E-state index contributed by atoms with van der Waals surface area (Å²) in [5.41, 5.74) is 1.07. The van der Waals surface area contributed by atoms with Crippen LogP contribution in [0.5, 0.6) is 0 Å². The Balaban J connectivity index is 1.29. The Hall–Kier alpha value is -1.68. The Labute approximate surface area is 159 Å². The summed E-state index contributed by atoms with van der Waals surface area (Å²) in [6.45, 7) is 3.39. The van der Waals surface area contributed by atoms with Gasteiger partial charge < -0.3 is 9.42 Å². The molecule has 0 aromatic carbocycles. The fourth-order valence-electron chi connectivity index (χ4n) is 3.77. The number of halogens is 3. The van der Waals surface area contributed by atoms with Crippen LogP contribution in [0.3, 0.4) is 0 Å². The van der Waals surface area contributed by atoms with Crippen LogP contribution in [0.15, 0.2) is 10.6 Å². The quantitative estimate of drug-likeness (QED) is 0.774. The Morgan fingerprint density at radius 3 is 2.48 bits per heavy atom. The summed E-state index contributed by atoms with van der Waals surface area (Å²) in [7, 11) is 0. The maximum Gasteiger partial charge on any atom is 0.445 e. The number of anilines is 1. The third-order valence-corrected chi connectivity index (χ3v) is 6.31. The van der Waals surface area contributed by atoms with Crippen LogP contribution in [0.4, 0.5) is 18.3 Å². The molecule has 10 heteroatoms. The number of hydrogen-bond acceptors (Lipinski definition) is 7. The lowest BCUT2D eigenvalue weighted by molar-refractivity contribution is -0.138. The standard InChI is InChI=1S/C17H22F3N5OS/c18-17(19,20)15-21-22-16(27-15)25-8-6-24(7-9-25)11-13-10-14(23-26-13)12-4-2-1-3-5-12/h10,12H,1-9,11H2. The van der Waals surface area contributed by atoms with Gasteiger partial charge in [-0.3, -0.25) is 4.90 Å². The number of alkyl halides is 3. The van der Waals surface area contributed by atoms with Crippen LogP contribution in [-0.4, -0.2) is 46.4 Å². The van der Waals surface area contributed by atoms with Crippen molar-refractivity contribution < 1.29 is 17.7 Å². The van der Waals surface area contributed by atoms with Gasteiger partial charge in [0.05, 0.1) is 12.2 Å². The number of hydrogen-bond donors (Lipinski definition) is 0. The topological polar surface area (TPSA) is 58.3 Å². The molecule has 1 aliphatic heterocycles. The highest BCUT2D eigenvalue weighted by molar-refractivity contribution is 7.15. The summed E-state index contributed by atoms with van der Waals surface area (Å²) in [5, 5.41) is 10.7. The maximum atomic E-state index is 12.7. The average molecular weight is 401 g/mol. The van der Waals surface area contributed by atoms with Crippen LogP contribution >= 0.6 is 11.3 Å². The molecule has 0 atom stereocenters. The molecule has 0 spiro atoms. The van der Waals surface area contributed by atoms with Gasteiger partial charge in [0.25, 0.3) is 0 Å². The van der Waals surface area contributed by atoms with Crippen molar-refractivity contribution in [1.29, 1.82) is 0 Å². The van der Waals surface area contributed by atoms with E-state index in [0.29, 0.717) is 42.0 Å². The first-order chi connectivity index (χ1) is 13.0. The molecule has 0 amide bonds. The van der Waals surface area contributed by atoms with E-state index < -0.39 is 11.2 Å². The summed E-state index contributed by atoms with van der Waals surface area (Å²) >= 11 is 0.602. The van der Waals surface area contributed by atoms with Crippen molar-refractivity contribution >= 4 is 16.5 Å². The van der Waals surface area contributed by atoms with Crippen molar-refractivity contribution in [3.8, 4) is 0 Å². The van der Waals surface area contributed by atoms with Gasteiger partial charge in [-0.1, -0.05) is 35.8 Å². The minimum atomic E-state index is -4.43. The van der Waals surface area contributed by atoms with Crippen molar-refractivity contribution in [1.82, 2.24) is 20.3 Å². The Morgan fingerprint density at radius 2 is 1.81 bits per heavy atom. The van der Waals surface area contributed by atoms with E-state index in [2.05, 4.69) is 26.3 Å². The summed E-state index contributed by atoms with van der Waals surface area (Å²) < 4.78 is 43.5. The van der Waals surface area contributed by atoms with Crippen molar-refractivity contribution in [2.75, 3.05) is 31.1 Å². The van der Waals surface area contributed by atoms with Gasteiger partial charge in [0.2, 0.25) is 10.1 Å². The third kappa shape index (κ3) is 4.43. The molecular weight excluding hydrogens is 379 g/mol. The van der Waals surface area contributed by atoms with Gasteiger partial charge in [0.15, 0.2) is 5.76 Å². The van der Waals surface area contributed by atoms with Gasteiger partial charge >= 0.3 is 6.18 Å². The molecule has 2 aromatic heterocycles. The largest absolute Gasteiger partial charge is 0.445 e. The van der Waals surface area contributed by atoms with Gasteiger partial charge in [0.1, 0.15) is 0 Å². The molecular formula is C17H22F3N5OS. The second-order valence-electron chi connectivity index (χ2n) is 7.20. The molecule has 4 rings (SSSR count). The Kier molecular flexibility index (Phi) is 5.36. The van der Waals surface area contributed by atoms with Gasteiger partial charge in [-0.15, -0.1) is 10.2 Å². The molecule has 0 N–H and O–H groups in total. The van der Waals surface area contributed by atoms with Crippen molar-refractivity contribution in [2.45, 2.75) is 50.7 Å². The lowest BCUT2D eigenvalue weighted by Gasteiger charge is -2.33. The summed E-state index contributed by atoms with van der Waals surface area (Å²) in [5.74, 6) is 1.38. The average Bonchev–Trinajstić information content (AvgIpc) is 3.33. The SMILES string of the molecule is FC(F)(F)c1nnc(N2CCN(Cc3cc(C4CCCCC4)no3)CC2)s1. The minimum Gasteiger partial charge on any atom is -0.360 e. The zero-order valence-electron chi connectivity index (χ0n) is 14.9. The highest BCUT2D eigenvalue weighted by atomic mass is 32.1. The molecule has 1 aliphatic carbocycles. The van der Waals surface area contributed by atoms with Crippen LogP contribution in [0, 0.1) is 0 Å². The number of rotatable bonds is 4. The molecule has 2 aromatic rings. The molecule has 0 unspecified atom stereocenters. The van der Waals surface area contributed by atoms with E-state index in [1.165, 1.54) is 32.1 Å². The second kappa shape index (κ2) is 7.75. The monoisotopic (exact) mass is 401 g/mol. The van der Waals surface area contributed by atoms with Gasteiger partial charge in [0, 0.05) is 38.2 Å². The van der Waals surface area contributed by atoms with Gasteiger partial charge in [-0.05, 0) is 12.8 Å². The van der Waals surface area contributed by atoms with Gasteiger partial charge in [-0.25, -0.2) is 0 Å². The molecule has 0 radical (unpaired) electrons. The Bertz CT molecular complexity index is 748. The van der Waals surface area contributed by atoms with Crippen LogP contribution in [-0.2, 0) is 12.7 Å². The van der Waals surface area contributed by atoms with E-state index in [4.69, 9.17) is 4.52 Å². The highest BCUT2D eigenvalue weighted by Gasteiger charge is 2.36. The zero-order chi connectivity index (χ0) is 18.9. The smallest absolute Gasteiger partial charge is 0.360 e. The number of aromatic nitrogens is 3. The number of piperazine rings is 1. The van der Waals surface area contributed by atoms with E-state index in [1.54, 1.807) is 0 Å². The summed E-state index contributed by atoms with van der Waals surface area (Å²) in [6.07, 6.45) is 1.77. The van der Waals surface area contributed by atoms with E-state index >= 15 is 0 Å². The first-order valence-corrected chi connectivity index (χ1v) is 10.1. The molecule has 2 aliphatic rings. The highest BCUT2D eigenvalue weighted by Crippen LogP contribution is 2.35. The molecule has 1 saturated carbocycles. The molecule has 0 bridgehead atoms. The second-order valence-corrected chi connectivity index (χ2v) is 8.16. The Morgan fingerprint density at radius 1 is 1.07 bits per heavy atom. The zero-order valence-corrected chi connectivity index (χ0v) is 15.7. The lowest BCUT2D eigenvalue weighted by Crippen LogP contribution is -2.45. The van der Waals surface area contributed by atoms with Crippen LogP contribution in [0.2, 0.25) is 0 Å². The molecule has 3 heterocycles. The maximum absolute atomic E-state index is 12.7. The molecule has 148 valence electrons. The van der Waals surface area contributed by atoms with Crippen LogP contribution in [0.1, 0.15) is 54.5 Å². The number of nitrogens with zero attached hydrogens (tertiary/aromatic N) is 5. The van der Waals surface area contributed by atoms with Crippen LogP contribution in [0.25, 0.3) is 0 Å². The van der Waals surface area contributed by atoms with E-state index in [1.807, 2.05) is 4.90 Å². The molecule has 6 nitrogen and oxygen atoms in total. The minimum absolute atomic E-state index is 0.334. The van der Waals surface area contributed by atoms with Crippen molar-refractivity contribution in [2.24, 2.45) is 0 Å². The van der Waals surface area contributed by atoms with E-state index in [9.17, 15) is 13.2 Å². The van der Waals surface area contributed by atoms with E-state index in [-0.39, 0.29) is 0 Å². The fraction of sp³-hybridized carbons (Fsp3) is 0.706. The predicted octanol–water partition coefficient (Wildman–Crippen LogP) is 3.91. The molecule has 1 saturated heterocycles. The first kappa shape index (κ1) is 18.7. The predicted molar refractivity (Wildman–Crippen MR) is 94.7 cm³/mol.